The molecule has 2 rings (SSSR count). The Balaban J connectivity index is 1.73. The molecule has 1 aromatic heterocycles. The molecule has 1 heterocycles. The molecule has 0 atom stereocenters. The number of H-pyrrole nitrogens is 1. The number of amides is 2. The van der Waals surface area contributed by atoms with Crippen LogP contribution >= 0.6 is 11.8 Å². The average Bonchev–Trinajstić information content (AvgIpc) is 2.95. The van der Waals surface area contributed by atoms with Crippen LogP contribution in [0, 0.1) is 6.92 Å². The molecule has 0 bridgehead atoms. The molecule has 0 aliphatic rings. The Bertz CT molecular complexity index is 750. The van der Waals surface area contributed by atoms with Crippen molar-refractivity contribution in [1.29, 1.82) is 0 Å². The van der Waals surface area contributed by atoms with E-state index < -0.39 is 0 Å². The van der Waals surface area contributed by atoms with E-state index >= 15 is 0 Å². The molecule has 0 saturated heterocycles. The van der Waals surface area contributed by atoms with E-state index in [4.69, 9.17) is 0 Å². The fourth-order valence-electron chi connectivity index (χ4n) is 2.11. The van der Waals surface area contributed by atoms with Crippen molar-refractivity contribution < 1.29 is 9.59 Å². The Morgan fingerprint density at radius 3 is 2.40 bits per heavy atom. The standard InChI is InChI=1S/C18H24N4O2S/c1-12-6-5-7-13(8-12)19-16(23)10-25-11-17(24)20-15-9-14(21-22-15)18(2,3)4/h5-9H,10-11H2,1-4H3,(H,19,23)(H2,20,21,22,24). The van der Waals surface area contributed by atoms with Gasteiger partial charge in [0.15, 0.2) is 5.82 Å². The molecular formula is C18H24N4O2S. The van der Waals surface area contributed by atoms with Crippen molar-refractivity contribution in [2.45, 2.75) is 33.1 Å². The highest BCUT2D eigenvalue weighted by Crippen LogP contribution is 2.22. The van der Waals surface area contributed by atoms with E-state index in [1.807, 2.05) is 37.3 Å². The maximum atomic E-state index is 11.9. The summed E-state index contributed by atoms with van der Waals surface area (Å²) < 4.78 is 0. The third-order valence-corrected chi connectivity index (χ3v) is 4.35. The van der Waals surface area contributed by atoms with Crippen LogP contribution in [0.2, 0.25) is 0 Å². The number of hydrogen-bond acceptors (Lipinski definition) is 4. The number of aromatic amines is 1. The Morgan fingerprint density at radius 1 is 1.12 bits per heavy atom. The monoisotopic (exact) mass is 360 g/mol. The number of carbonyl (C=O) groups excluding carboxylic acids is 2. The van der Waals surface area contributed by atoms with E-state index in [0.29, 0.717) is 5.82 Å². The number of nitrogens with zero attached hydrogens (tertiary/aromatic N) is 1. The largest absolute Gasteiger partial charge is 0.325 e. The first-order valence-electron chi connectivity index (χ1n) is 8.04. The Morgan fingerprint density at radius 2 is 1.80 bits per heavy atom. The van der Waals surface area contributed by atoms with Crippen LogP contribution < -0.4 is 10.6 Å². The van der Waals surface area contributed by atoms with Crippen molar-refractivity contribution in [1.82, 2.24) is 10.2 Å². The second kappa shape index (κ2) is 8.20. The lowest BCUT2D eigenvalue weighted by Crippen LogP contribution is -2.18. The maximum Gasteiger partial charge on any atom is 0.235 e. The van der Waals surface area contributed by atoms with Crippen molar-refractivity contribution in [2.24, 2.45) is 0 Å². The van der Waals surface area contributed by atoms with Crippen molar-refractivity contribution in [3.63, 3.8) is 0 Å². The molecule has 3 N–H and O–H groups in total. The second-order valence-corrected chi connectivity index (χ2v) is 7.86. The number of anilines is 2. The van der Waals surface area contributed by atoms with Crippen LogP contribution in [0.4, 0.5) is 11.5 Å². The molecule has 2 aromatic rings. The van der Waals surface area contributed by atoms with Gasteiger partial charge in [-0.3, -0.25) is 14.7 Å². The summed E-state index contributed by atoms with van der Waals surface area (Å²) in [7, 11) is 0. The zero-order chi connectivity index (χ0) is 18.4. The van der Waals surface area contributed by atoms with E-state index in [-0.39, 0.29) is 28.7 Å². The zero-order valence-electron chi connectivity index (χ0n) is 15.0. The summed E-state index contributed by atoms with van der Waals surface area (Å²) in [5.74, 6) is 0.604. The van der Waals surface area contributed by atoms with Crippen LogP contribution in [0.25, 0.3) is 0 Å². The van der Waals surface area contributed by atoms with Crippen LogP contribution in [0.5, 0.6) is 0 Å². The molecule has 0 saturated carbocycles. The number of thioether (sulfide) groups is 1. The van der Waals surface area contributed by atoms with E-state index in [0.717, 1.165) is 16.9 Å². The van der Waals surface area contributed by atoms with Gasteiger partial charge in [0.1, 0.15) is 0 Å². The van der Waals surface area contributed by atoms with Crippen molar-refractivity contribution in [3.8, 4) is 0 Å². The van der Waals surface area contributed by atoms with Crippen molar-refractivity contribution >= 4 is 35.1 Å². The van der Waals surface area contributed by atoms with Crippen molar-refractivity contribution in [2.75, 3.05) is 22.1 Å². The first kappa shape index (κ1) is 19.1. The third kappa shape index (κ3) is 6.26. The number of hydrogen-bond donors (Lipinski definition) is 3. The molecule has 0 fully saturated rings. The van der Waals surface area contributed by atoms with Gasteiger partial charge in [-0.05, 0) is 24.6 Å². The number of nitrogens with one attached hydrogen (secondary N) is 3. The molecule has 25 heavy (non-hydrogen) atoms. The Hall–Kier alpha value is -2.28. The van der Waals surface area contributed by atoms with Gasteiger partial charge in [0.2, 0.25) is 11.8 Å². The molecule has 0 unspecified atom stereocenters. The highest BCUT2D eigenvalue weighted by molar-refractivity contribution is 8.00. The van der Waals surface area contributed by atoms with Gasteiger partial charge in [-0.25, -0.2) is 0 Å². The molecule has 0 aliphatic heterocycles. The second-order valence-electron chi connectivity index (χ2n) is 6.88. The summed E-state index contributed by atoms with van der Waals surface area (Å²) in [6.45, 7) is 8.16. The van der Waals surface area contributed by atoms with Gasteiger partial charge in [-0.2, -0.15) is 5.10 Å². The van der Waals surface area contributed by atoms with Gasteiger partial charge in [0, 0.05) is 22.9 Å². The van der Waals surface area contributed by atoms with E-state index in [2.05, 4.69) is 41.6 Å². The first-order valence-corrected chi connectivity index (χ1v) is 9.19. The molecule has 0 radical (unpaired) electrons. The number of benzene rings is 1. The first-order chi connectivity index (χ1) is 11.7. The fraction of sp³-hybridized carbons (Fsp3) is 0.389. The molecule has 0 aliphatic carbocycles. The van der Waals surface area contributed by atoms with Gasteiger partial charge < -0.3 is 10.6 Å². The molecule has 0 spiro atoms. The summed E-state index contributed by atoms with van der Waals surface area (Å²) in [5.41, 5.74) is 2.74. The molecule has 6 nitrogen and oxygen atoms in total. The van der Waals surface area contributed by atoms with E-state index in [9.17, 15) is 9.59 Å². The van der Waals surface area contributed by atoms with Crippen LogP contribution in [0.15, 0.2) is 30.3 Å². The lowest BCUT2D eigenvalue weighted by Gasteiger charge is -2.14. The molecule has 134 valence electrons. The zero-order valence-corrected chi connectivity index (χ0v) is 15.8. The number of aryl methyl sites for hydroxylation is 1. The Labute approximate surface area is 152 Å². The minimum atomic E-state index is -0.180. The highest BCUT2D eigenvalue weighted by Gasteiger charge is 2.17. The maximum absolute atomic E-state index is 11.9. The lowest BCUT2D eigenvalue weighted by molar-refractivity contribution is -0.114. The molecule has 2 amide bonds. The average molecular weight is 360 g/mol. The Kier molecular flexibility index (Phi) is 6.25. The minimum absolute atomic E-state index is 0.0569. The van der Waals surface area contributed by atoms with Gasteiger partial charge in [-0.1, -0.05) is 32.9 Å². The van der Waals surface area contributed by atoms with Crippen LogP contribution in [0.3, 0.4) is 0 Å². The quantitative estimate of drug-likeness (QED) is 0.737. The summed E-state index contributed by atoms with van der Waals surface area (Å²) in [5, 5.41) is 12.6. The fourth-order valence-corrected chi connectivity index (χ4v) is 2.72. The van der Waals surface area contributed by atoms with Crippen LogP contribution in [-0.2, 0) is 15.0 Å². The summed E-state index contributed by atoms with van der Waals surface area (Å²) in [4.78, 5) is 23.8. The van der Waals surface area contributed by atoms with Gasteiger partial charge in [-0.15, -0.1) is 11.8 Å². The predicted octanol–water partition coefficient (Wildman–Crippen LogP) is 3.33. The SMILES string of the molecule is Cc1cccc(NC(=O)CSCC(=O)Nc2cc(C(C)(C)C)[nH]n2)c1. The normalized spacial score (nSPS) is 11.2. The summed E-state index contributed by atoms with van der Waals surface area (Å²) in [6.07, 6.45) is 0. The van der Waals surface area contributed by atoms with Gasteiger partial charge >= 0.3 is 0 Å². The van der Waals surface area contributed by atoms with Crippen molar-refractivity contribution in [3.05, 3.63) is 41.6 Å². The molecule has 1 aromatic carbocycles. The topological polar surface area (TPSA) is 86.9 Å². The molecule has 7 heteroatoms. The lowest BCUT2D eigenvalue weighted by atomic mass is 9.92. The predicted molar refractivity (Wildman–Crippen MR) is 103 cm³/mol. The smallest absolute Gasteiger partial charge is 0.235 e. The van der Waals surface area contributed by atoms with Crippen LogP contribution in [0.1, 0.15) is 32.0 Å². The van der Waals surface area contributed by atoms with Gasteiger partial charge in [0.05, 0.1) is 11.5 Å². The third-order valence-electron chi connectivity index (χ3n) is 3.42. The highest BCUT2D eigenvalue weighted by atomic mass is 32.2. The summed E-state index contributed by atoms with van der Waals surface area (Å²) in [6, 6.07) is 9.43. The number of rotatable bonds is 6. The molecular weight excluding hydrogens is 336 g/mol. The van der Waals surface area contributed by atoms with E-state index in [1.54, 1.807) is 0 Å². The minimum Gasteiger partial charge on any atom is -0.325 e. The van der Waals surface area contributed by atoms with Crippen LogP contribution in [-0.4, -0.2) is 33.5 Å². The van der Waals surface area contributed by atoms with Gasteiger partial charge in [0.25, 0.3) is 0 Å². The van der Waals surface area contributed by atoms with E-state index in [1.165, 1.54) is 11.8 Å². The number of carbonyl (C=O) groups is 2. The number of aromatic nitrogens is 2. The summed E-state index contributed by atoms with van der Waals surface area (Å²) >= 11 is 1.26.